The van der Waals surface area contributed by atoms with Crippen molar-refractivity contribution in [1.82, 2.24) is 4.57 Å². The van der Waals surface area contributed by atoms with Crippen molar-refractivity contribution in [1.29, 1.82) is 0 Å². The van der Waals surface area contributed by atoms with E-state index in [1.54, 1.807) is 6.07 Å². The van der Waals surface area contributed by atoms with E-state index < -0.39 is 0 Å². The maximum absolute atomic E-state index is 13.1. The van der Waals surface area contributed by atoms with Crippen LogP contribution in [0.15, 0.2) is 29.1 Å². The first kappa shape index (κ1) is 20.3. The zero-order valence-corrected chi connectivity index (χ0v) is 17.3. The number of nitrogens with one attached hydrogen (secondary N) is 1. The predicted molar refractivity (Wildman–Crippen MR) is 112 cm³/mol. The molecule has 1 fully saturated rings. The van der Waals surface area contributed by atoms with Crippen LogP contribution in [0.1, 0.15) is 59.6 Å². The van der Waals surface area contributed by atoms with Crippen LogP contribution in [0.4, 0.5) is 5.69 Å². The van der Waals surface area contributed by atoms with Gasteiger partial charge in [0.2, 0.25) is 0 Å². The summed E-state index contributed by atoms with van der Waals surface area (Å²) in [6, 6.07) is 7.61. The van der Waals surface area contributed by atoms with Crippen LogP contribution < -0.4 is 10.7 Å². The van der Waals surface area contributed by atoms with Gasteiger partial charge in [0.15, 0.2) is 5.43 Å². The molecule has 1 saturated heterocycles. The van der Waals surface area contributed by atoms with Gasteiger partial charge in [-0.05, 0) is 50.7 Å². The van der Waals surface area contributed by atoms with Crippen LogP contribution in [-0.4, -0.2) is 23.2 Å². The molecule has 28 heavy (non-hydrogen) atoms. The Labute approximate surface area is 166 Å². The number of para-hydroxylation sites is 1. The number of carbonyl (C=O) groups excluding carboxylic acids is 1. The second-order valence-corrected chi connectivity index (χ2v) is 7.47. The number of aromatic nitrogens is 1. The van der Waals surface area contributed by atoms with Crippen LogP contribution in [0.2, 0.25) is 0 Å². The molecular weight excluding hydrogens is 352 g/mol. The summed E-state index contributed by atoms with van der Waals surface area (Å²) in [6.45, 7) is 9.34. The van der Waals surface area contributed by atoms with Crippen molar-refractivity contribution >= 4 is 11.6 Å². The van der Waals surface area contributed by atoms with E-state index in [1.165, 1.54) is 0 Å². The Morgan fingerprint density at radius 2 is 1.89 bits per heavy atom. The standard InChI is InChI=1S/C23H30N2O3/c1-5-17-9-7-10-18(6-2)22(17)24-23(27)21-16(4)25(15(3)13-20(21)26)14-19-11-8-12-28-19/h7,9-10,13,19H,5-6,8,11-12,14H2,1-4H3,(H,24,27). The van der Waals surface area contributed by atoms with Crippen LogP contribution in [0, 0.1) is 13.8 Å². The molecule has 5 nitrogen and oxygen atoms in total. The van der Waals surface area contributed by atoms with Gasteiger partial charge < -0.3 is 14.6 Å². The fraction of sp³-hybridized carbons (Fsp3) is 0.478. The molecule has 2 aromatic rings. The molecule has 0 bridgehead atoms. The molecule has 1 N–H and O–H groups in total. The van der Waals surface area contributed by atoms with Crippen LogP contribution in [-0.2, 0) is 24.1 Å². The number of benzene rings is 1. The summed E-state index contributed by atoms with van der Waals surface area (Å²) in [4.78, 5) is 25.8. The van der Waals surface area contributed by atoms with E-state index in [-0.39, 0.29) is 23.0 Å². The lowest BCUT2D eigenvalue weighted by Crippen LogP contribution is -2.29. The van der Waals surface area contributed by atoms with Crippen LogP contribution >= 0.6 is 0 Å². The van der Waals surface area contributed by atoms with Gasteiger partial charge in [-0.2, -0.15) is 0 Å². The van der Waals surface area contributed by atoms with Crippen LogP contribution in [0.3, 0.4) is 0 Å². The number of carbonyl (C=O) groups is 1. The van der Waals surface area contributed by atoms with Crippen molar-refractivity contribution in [2.24, 2.45) is 0 Å². The van der Waals surface area contributed by atoms with Crippen molar-refractivity contribution < 1.29 is 9.53 Å². The third-order valence-electron chi connectivity index (χ3n) is 5.65. The monoisotopic (exact) mass is 382 g/mol. The smallest absolute Gasteiger partial charge is 0.261 e. The van der Waals surface area contributed by atoms with Gasteiger partial charge in [-0.15, -0.1) is 0 Å². The van der Waals surface area contributed by atoms with Crippen molar-refractivity contribution in [3.63, 3.8) is 0 Å². The summed E-state index contributed by atoms with van der Waals surface area (Å²) >= 11 is 0. The molecule has 1 aromatic heterocycles. The molecule has 1 atom stereocenters. The second-order valence-electron chi connectivity index (χ2n) is 7.47. The van der Waals surface area contributed by atoms with Crippen molar-refractivity contribution in [3.8, 4) is 0 Å². The summed E-state index contributed by atoms with van der Waals surface area (Å²) in [7, 11) is 0. The predicted octanol–water partition coefficient (Wildman–Crippen LogP) is 4.02. The number of hydrogen-bond acceptors (Lipinski definition) is 3. The number of nitrogens with zero attached hydrogens (tertiary/aromatic N) is 1. The first-order chi connectivity index (χ1) is 13.5. The van der Waals surface area contributed by atoms with Gasteiger partial charge in [0.05, 0.1) is 6.10 Å². The van der Waals surface area contributed by atoms with Gasteiger partial charge in [0.25, 0.3) is 5.91 Å². The van der Waals surface area contributed by atoms with Crippen LogP contribution in [0.5, 0.6) is 0 Å². The lowest BCUT2D eigenvalue weighted by molar-refractivity contribution is 0.0950. The number of ether oxygens (including phenoxy) is 1. The molecule has 1 aromatic carbocycles. The van der Waals surface area contributed by atoms with Gasteiger partial charge in [-0.3, -0.25) is 9.59 Å². The molecule has 150 valence electrons. The number of rotatable bonds is 6. The molecule has 0 saturated carbocycles. The highest BCUT2D eigenvalue weighted by Gasteiger charge is 2.22. The lowest BCUT2D eigenvalue weighted by atomic mass is 10.0. The van der Waals surface area contributed by atoms with E-state index in [9.17, 15) is 9.59 Å². The Morgan fingerprint density at radius 1 is 1.21 bits per heavy atom. The Hall–Kier alpha value is -2.40. The maximum atomic E-state index is 13.1. The first-order valence-corrected chi connectivity index (χ1v) is 10.2. The van der Waals surface area contributed by atoms with Gasteiger partial charge in [0.1, 0.15) is 5.56 Å². The zero-order chi connectivity index (χ0) is 20.3. The minimum atomic E-state index is -0.334. The minimum Gasteiger partial charge on any atom is -0.376 e. The first-order valence-electron chi connectivity index (χ1n) is 10.2. The van der Waals surface area contributed by atoms with Gasteiger partial charge >= 0.3 is 0 Å². The summed E-state index contributed by atoms with van der Waals surface area (Å²) in [5, 5.41) is 3.04. The maximum Gasteiger partial charge on any atom is 0.261 e. The Kier molecular flexibility index (Phi) is 6.35. The molecular formula is C23H30N2O3. The largest absolute Gasteiger partial charge is 0.376 e. The molecule has 0 aliphatic carbocycles. The molecule has 0 spiro atoms. The molecule has 3 rings (SSSR count). The minimum absolute atomic E-state index is 0.142. The summed E-state index contributed by atoms with van der Waals surface area (Å²) in [5.41, 5.74) is 4.54. The molecule has 0 radical (unpaired) electrons. The number of hydrogen-bond donors (Lipinski definition) is 1. The third kappa shape index (κ3) is 4.04. The average Bonchev–Trinajstić information content (AvgIpc) is 3.18. The molecule has 1 amide bonds. The van der Waals surface area contributed by atoms with E-state index in [4.69, 9.17) is 4.74 Å². The van der Waals surface area contributed by atoms with E-state index in [0.717, 1.165) is 54.8 Å². The van der Waals surface area contributed by atoms with Crippen molar-refractivity contribution in [2.75, 3.05) is 11.9 Å². The highest BCUT2D eigenvalue weighted by Crippen LogP contribution is 2.24. The highest BCUT2D eigenvalue weighted by atomic mass is 16.5. The molecule has 1 aliphatic heterocycles. The number of aryl methyl sites for hydroxylation is 3. The summed E-state index contributed by atoms with van der Waals surface area (Å²) in [6.07, 6.45) is 3.85. The Balaban J connectivity index is 1.97. The van der Waals surface area contributed by atoms with Crippen molar-refractivity contribution in [2.45, 2.75) is 66.0 Å². The number of pyridine rings is 1. The van der Waals surface area contributed by atoms with E-state index >= 15 is 0 Å². The summed E-state index contributed by atoms with van der Waals surface area (Å²) < 4.78 is 7.79. The Bertz CT molecular complexity index is 902. The third-order valence-corrected chi connectivity index (χ3v) is 5.65. The summed E-state index contributed by atoms with van der Waals surface area (Å²) in [5.74, 6) is -0.334. The van der Waals surface area contributed by atoms with Crippen molar-refractivity contribution in [3.05, 3.63) is 62.6 Å². The molecule has 5 heteroatoms. The SMILES string of the molecule is CCc1cccc(CC)c1NC(=O)c1c(C)n(CC2CCCO2)c(C)cc1=O. The topological polar surface area (TPSA) is 60.3 Å². The highest BCUT2D eigenvalue weighted by molar-refractivity contribution is 6.05. The fourth-order valence-electron chi connectivity index (χ4n) is 4.05. The zero-order valence-electron chi connectivity index (χ0n) is 17.3. The van der Waals surface area contributed by atoms with Gasteiger partial charge in [-0.25, -0.2) is 0 Å². The molecule has 2 heterocycles. The van der Waals surface area contributed by atoms with E-state index in [2.05, 4.69) is 19.2 Å². The molecule has 1 aliphatic rings. The van der Waals surface area contributed by atoms with Gasteiger partial charge in [0, 0.05) is 36.3 Å². The number of anilines is 1. The van der Waals surface area contributed by atoms with Crippen LogP contribution in [0.25, 0.3) is 0 Å². The Morgan fingerprint density at radius 3 is 2.46 bits per heavy atom. The van der Waals surface area contributed by atoms with E-state index in [1.807, 2.05) is 36.6 Å². The quantitative estimate of drug-likeness (QED) is 0.821. The molecule has 1 unspecified atom stereocenters. The number of amides is 1. The lowest BCUT2D eigenvalue weighted by Gasteiger charge is -2.21. The van der Waals surface area contributed by atoms with E-state index in [0.29, 0.717) is 12.2 Å². The fourth-order valence-corrected chi connectivity index (χ4v) is 4.05. The average molecular weight is 383 g/mol. The second kappa shape index (κ2) is 8.74. The normalized spacial score (nSPS) is 16.4. The van der Waals surface area contributed by atoms with Gasteiger partial charge in [-0.1, -0.05) is 32.0 Å².